The van der Waals surface area contributed by atoms with Gasteiger partial charge in [-0.15, -0.1) is 0 Å². The Morgan fingerprint density at radius 2 is 1.71 bits per heavy atom. The zero-order valence-electron chi connectivity index (χ0n) is 19.6. The number of hydrogen-bond acceptors (Lipinski definition) is 5. The van der Waals surface area contributed by atoms with Gasteiger partial charge in [0.2, 0.25) is 0 Å². The maximum Gasteiger partial charge on any atom is 0.482 e. The third-order valence-electron chi connectivity index (χ3n) is 4.62. The van der Waals surface area contributed by atoms with Crippen LogP contribution in [-0.4, -0.2) is 79.9 Å². The number of carboxylic acids is 1. The fourth-order valence-corrected chi connectivity index (χ4v) is 2.82. The van der Waals surface area contributed by atoms with Crippen LogP contribution in [0.25, 0.3) is 0 Å². The number of carbonyl (C=O) groups excluding carboxylic acids is 1. The summed E-state index contributed by atoms with van der Waals surface area (Å²) in [4.78, 5) is 24.7. The summed E-state index contributed by atoms with van der Waals surface area (Å²) in [5, 5.41) is 11.8. The van der Waals surface area contributed by atoms with E-state index in [9.17, 15) is 31.5 Å². The average Bonchev–Trinajstić information content (AvgIpc) is 2.78. The largest absolute Gasteiger partial charge is 0.492 e. The molecule has 2 amide bonds. The number of carbonyl (C=O) groups is 2. The van der Waals surface area contributed by atoms with E-state index in [1.807, 2.05) is 6.92 Å². The lowest BCUT2D eigenvalue weighted by atomic mass is 10.1. The van der Waals surface area contributed by atoms with Crippen LogP contribution in [0.1, 0.15) is 32.3 Å². The molecule has 1 unspecified atom stereocenters. The summed E-state index contributed by atoms with van der Waals surface area (Å²) >= 11 is 0. The second-order valence-electron chi connectivity index (χ2n) is 7.41. The molecule has 0 fully saturated rings. The zero-order chi connectivity index (χ0) is 26.5. The first-order valence-electron chi connectivity index (χ1n) is 11.1. The number of benzene rings is 1. The number of aliphatic carboxylic acids is 1. The Bertz CT molecular complexity index is 777. The first-order chi connectivity index (χ1) is 16.4. The van der Waals surface area contributed by atoms with Crippen molar-refractivity contribution >= 4 is 12.0 Å². The minimum atomic E-state index is -5.81. The first-order valence-corrected chi connectivity index (χ1v) is 11.1. The number of urea groups is 1. The Labute approximate surface area is 200 Å². The maximum absolute atomic E-state index is 12.9. The van der Waals surface area contributed by atoms with Gasteiger partial charge in [0.1, 0.15) is 12.4 Å². The Kier molecular flexibility index (Phi) is 12.7. The van der Waals surface area contributed by atoms with E-state index in [1.165, 1.54) is 4.90 Å². The van der Waals surface area contributed by atoms with Crippen LogP contribution in [0.3, 0.4) is 0 Å². The highest BCUT2D eigenvalue weighted by molar-refractivity contribution is 5.74. The molecule has 0 radical (unpaired) electrons. The van der Waals surface area contributed by atoms with Gasteiger partial charge in [-0.05, 0) is 37.5 Å². The lowest BCUT2D eigenvalue weighted by Gasteiger charge is -2.24. The molecule has 200 valence electrons. The molecule has 8 nitrogen and oxygen atoms in total. The van der Waals surface area contributed by atoms with Gasteiger partial charge in [0, 0.05) is 26.1 Å². The fourth-order valence-electron chi connectivity index (χ4n) is 2.82. The number of rotatable bonds is 16. The Morgan fingerprint density at radius 3 is 2.26 bits per heavy atom. The first kappa shape index (κ1) is 30.4. The number of carboxylic acid groups (broad SMARTS) is 1. The summed E-state index contributed by atoms with van der Waals surface area (Å²) in [5.74, 6) is -0.625. The van der Waals surface area contributed by atoms with Crippen molar-refractivity contribution in [1.82, 2.24) is 10.2 Å². The summed E-state index contributed by atoms with van der Waals surface area (Å²) in [5.41, 5.74) is 0.717. The van der Waals surface area contributed by atoms with Gasteiger partial charge >= 0.3 is 24.3 Å². The van der Waals surface area contributed by atoms with Crippen molar-refractivity contribution in [3.05, 3.63) is 29.8 Å². The van der Waals surface area contributed by atoms with Crippen LogP contribution >= 0.6 is 0 Å². The van der Waals surface area contributed by atoms with Crippen LogP contribution < -0.4 is 10.1 Å². The molecule has 1 aromatic carbocycles. The third-order valence-corrected chi connectivity index (χ3v) is 4.62. The van der Waals surface area contributed by atoms with E-state index < -0.39 is 37.0 Å². The highest BCUT2D eigenvalue weighted by atomic mass is 19.4. The molecular weight excluding hydrogens is 483 g/mol. The van der Waals surface area contributed by atoms with Crippen LogP contribution in [0.15, 0.2) is 24.3 Å². The highest BCUT2D eigenvalue weighted by Gasteiger charge is 2.59. The molecule has 1 aromatic rings. The van der Waals surface area contributed by atoms with Crippen molar-refractivity contribution in [3.63, 3.8) is 0 Å². The summed E-state index contributed by atoms with van der Waals surface area (Å²) in [6.07, 6.45) is -11.5. The summed E-state index contributed by atoms with van der Waals surface area (Å²) < 4.78 is 76.6. The van der Waals surface area contributed by atoms with Crippen LogP contribution in [0.2, 0.25) is 0 Å². The van der Waals surface area contributed by atoms with Crippen LogP contribution in [0, 0.1) is 0 Å². The van der Waals surface area contributed by atoms with Gasteiger partial charge in [0.05, 0.1) is 13.2 Å². The summed E-state index contributed by atoms with van der Waals surface area (Å²) in [6.45, 7) is 3.19. The standard InChI is InChI=1S/C22H31F5N2O6/c1-3-10-28-20(32)29(11-5-13-35-22(26,27)21(23,24)25)12-14-34-17-8-6-16(7-9-17)15-18(19(30)31)33-4-2/h6-9,18H,3-5,10-15H2,1-2H3,(H,28,32)(H,30,31). The zero-order valence-corrected chi connectivity index (χ0v) is 19.6. The molecule has 13 heteroatoms. The van der Waals surface area contributed by atoms with Crippen LogP contribution in [0.4, 0.5) is 26.7 Å². The molecule has 2 N–H and O–H groups in total. The van der Waals surface area contributed by atoms with Gasteiger partial charge in [0.25, 0.3) is 0 Å². The number of halogens is 5. The Balaban J connectivity index is 2.59. The lowest BCUT2D eigenvalue weighted by Crippen LogP contribution is -2.43. The molecular formula is C22H31F5N2O6. The van der Waals surface area contributed by atoms with Crippen molar-refractivity contribution < 1.29 is 50.9 Å². The number of alkyl halides is 5. The van der Waals surface area contributed by atoms with E-state index >= 15 is 0 Å². The van der Waals surface area contributed by atoms with Gasteiger partial charge in [0.15, 0.2) is 6.10 Å². The predicted octanol–water partition coefficient (Wildman–Crippen LogP) is 4.08. The highest BCUT2D eigenvalue weighted by Crippen LogP contribution is 2.36. The normalized spacial score (nSPS) is 12.8. The van der Waals surface area contributed by atoms with Crippen molar-refractivity contribution in [1.29, 1.82) is 0 Å². The van der Waals surface area contributed by atoms with E-state index in [2.05, 4.69) is 10.1 Å². The van der Waals surface area contributed by atoms with Crippen molar-refractivity contribution in [3.8, 4) is 5.75 Å². The van der Waals surface area contributed by atoms with Crippen molar-refractivity contribution in [2.45, 2.75) is 51.5 Å². The predicted molar refractivity (Wildman–Crippen MR) is 116 cm³/mol. The van der Waals surface area contributed by atoms with Crippen LogP contribution in [-0.2, 0) is 20.7 Å². The molecule has 0 bridgehead atoms. The van der Waals surface area contributed by atoms with E-state index in [-0.39, 0.29) is 39.1 Å². The van der Waals surface area contributed by atoms with Crippen molar-refractivity contribution in [2.75, 3.05) is 39.5 Å². The van der Waals surface area contributed by atoms with Gasteiger partial charge in [-0.1, -0.05) is 19.1 Å². The Hall–Kier alpha value is -2.67. The van der Waals surface area contributed by atoms with Gasteiger partial charge in [-0.25, -0.2) is 9.59 Å². The summed E-state index contributed by atoms with van der Waals surface area (Å²) in [7, 11) is 0. The third kappa shape index (κ3) is 11.1. The molecule has 0 aliphatic carbocycles. The van der Waals surface area contributed by atoms with Gasteiger partial charge in [-0.3, -0.25) is 0 Å². The second kappa shape index (κ2) is 14.7. The quantitative estimate of drug-likeness (QED) is 0.255. The smallest absolute Gasteiger partial charge is 0.482 e. The Morgan fingerprint density at radius 1 is 1.06 bits per heavy atom. The lowest BCUT2D eigenvalue weighted by molar-refractivity contribution is -0.391. The molecule has 0 saturated heterocycles. The molecule has 35 heavy (non-hydrogen) atoms. The van der Waals surface area contributed by atoms with E-state index in [1.54, 1.807) is 31.2 Å². The molecule has 0 saturated carbocycles. The monoisotopic (exact) mass is 514 g/mol. The van der Waals surface area contributed by atoms with E-state index in [4.69, 9.17) is 14.6 Å². The van der Waals surface area contributed by atoms with E-state index in [0.717, 1.165) is 5.56 Å². The van der Waals surface area contributed by atoms with Gasteiger partial charge in [-0.2, -0.15) is 22.0 Å². The molecule has 0 aromatic heterocycles. The molecule has 0 spiro atoms. The number of ether oxygens (including phenoxy) is 3. The number of nitrogens with one attached hydrogen (secondary N) is 1. The maximum atomic E-state index is 12.9. The number of hydrogen-bond donors (Lipinski definition) is 2. The second-order valence-corrected chi connectivity index (χ2v) is 7.41. The number of amides is 2. The molecule has 1 rings (SSSR count). The molecule has 0 aliphatic heterocycles. The fraction of sp³-hybridized carbons (Fsp3) is 0.636. The van der Waals surface area contributed by atoms with Gasteiger partial charge < -0.3 is 29.5 Å². The van der Waals surface area contributed by atoms with Crippen molar-refractivity contribution in [2.24, 2.45) is 0 Å². The molecule has 0 heterocycles. The average molecular weight is 514 g/mol. The molecule has 0 aliphatic rings. The van der Waals surface area contributed by atoms with Crippen LogP contribution in [0.5, 0.6) is 5.75 Å². The van der Waals surface area contributed by atoms with E-state index in [0.29, 0.717) is 18.7 Å². The minimum Gasteiger partial charge on any atom is -0.492 e. The number of nitrogens with zero attached hydrogens (tertiary/aromatic N) is 1. The minimum absolute atomic E-state index is 0.0230. The summed E-state index contributed by atoms with van der Waals surface area (Å²) in [6, 6.07) is 6.08. The SMILES string of the molecule is CCCNC(=O)N(CCCOC(F)(F)C(F)(F)F)CCOc1ccc(CC(OCC)C(=O)O)cc1. The molecule has 1 atom stereocenters. The topological polar surface area (TPSA) is 97.3 Å².